The molecule has 2 rings (SSSR count). The van der Waals surface area contributed by atoms with Gasteiger partial charge in [-0.05, 0) is 30.7 Å². The lowest BCUT2D eigenvalue weighted by molar-refractivity contribution is 0.151. The van der Waals surface area contributed by atoms with Gasteiger partial charge in [-0.15, -0.1) is 0 Å². The number of rotatable bonds is 1. The van der Waals surface area contributed by atoms with Gasteiger partial charge in [0.05, 0.1) is 0 Å². The average Bonchev–Trinajstić information content (AvgIpc) is 2.16. The topological polar surface area (TPSA) is 3.24 Å². The summed E-state index contributed by atoms with van der Waals surface area (Å²) in [6.45, 7) is 1.83. The van der Waals surface area contributed by atoms with Crippen LogP contribution in [-0.4, -0.2) is 18.5 Å². The molecule has 1 heterocycles. The van der Waals surface area contributed by atoms with Gasteiger partial charge in [-0.2, -0.15) is 0 Å². The zero-order valence-corrected chi connectivity index (χ0v) is 8.13. The van der Waals surface area contributed by atoms with E-state index in [2.05, 4.69) is 4.90 Å². The Kier molecular flexibility index (Phi) is 2.50. The van der Waals surface area contributed by atoms with Crippen molar-refractivity contribution in [3.8, 4) is 0 Å². The van der Waals surface area contributed by atoms with E-state index >= 15 is 0 Å². The number of benzene rings is 1. The number of alkyl halides is 2. The molecule has 14 heavy (non-hydrogen) atoms. The minimum atomic E-state index is -2.35. The van der Waals surface area contributed by atoms with E-state index < -0.39 is 6.43 Å². The van der Waals surface area contributed by atoms with Crippen LogP contribution in [0.15, 0.2) is 18.2 Å². The van der Waals surface area contributed by atoms with Crippen molar-refractivity contribution in [1.82, 2.24) is 4.90 Å². The van der Waals surface area contributed by atoms with Crippen molar-refractivity contribution < 1.29 is 8.78 Å². The molecule has 0 unspecified atom stereocenters. The molecule has 0 bridgehead atoms. The van der Waals surface area contributed by atoms with Crippen LogP contribution in [0, 0.1) is 0 Å². The highest BCUT2D eigenvalue weighted by molar-refractivity contribution is 5.34. The summed E-state index contributed by atoms with van der Waals surface area (Å²) in [5.74, 6) is 0. The molecule has 1 aliphatic heterocycles. The third kappa shape index (κ3) is 1.77. The molecular formula is C11H13F2N. The normalized spacial score (nSPS) is 17.1. The molecule has 1 aliphatic rings. The highest BCUT2D eigenvalue weighted by atomic mass is 19.3. The van der Waals surface area contributed by atoms with E-state index in [1.54, 1.807) is 6.07 Å². The van der Waals surface area contributed by atoms with Crippen molar-refractivity contribution in [2.24, 2.45) is 0 Å². The van der Waals surface area contributed by atoms with Gasteiger partial charge >= 0.3 is 0 Å². The molecule has 0 aromatic heterocycles. The summed E-state index contributed by atoms with van der Waals surface area (Å²) in [6.07, 6.45) is -1.47. The van der Waals surface area contributed by atoms with Crippen LogP contribution in [0.5, 0.6) is 0 Å². The van der Waals surface area contributed by atoms with Gasteiger partial charge in [0.1, 0.15) is 0 Å². The van der Waals surface area contributed by atoms with Gasteiger partial charge in [0.15, 0.2) is 0 Å². The highest BCUT2D eigenvalue weighted by Crippen LogP contribution is 2.24. The van der Waals surface area contributed by atoms with E-state index in [0.29, 0.717) is 0 Å². The number of hydrogen-bond donors (Lipinski definition) is 0. The van der Waals surface area contributed by atoms with Crippen molar-refractivity contribution in [3.05, 3.63) is 34.9 Å². The molecule has 76 valence electrons. The first-order valence-corrected chi connectivity index (χ1v) is 4.75. The van der Waals surface area contributed by atoms with Crippen molar-refractivity contribution in [2.45, 2.75) is 19.4 Å². The van der Waals surface area contributed by atoms with Gasteiger partial charge in [-0.3, -0.25) is 0 Å². The van der Waals surface area contributed by atoms with E-state index in [9.17, 15) is 8.78 Å². The fourth-order valence-electron chi connectivity index (χ4n) is 1.85. The first-order chi connectivity index (χ1) is 6.66. The van der Waals surface area contributed by atoms with Gasteiger partial charge in [0.25, 0.3) is 6.43 Å². The van der Waals surface area contributed by atoms with E-state index in [0.717, 1.165) is 25.1 Å². The summed E-state index contributed by atoms with van der Waals surface area (Å²) in [5.41, 5.74) is 2.41. The van der Waals surface area contributed by atoms with E-state index in [4.69, 9.17) is 0 Å². The van der Waals surface area contributed by atoms with Crippen LogP contribution in [-0.2, 0) is 13.0 Å². The lowest BCUT2D eigenvalue weighted by Gasteiger charge is -2.25. The molecule has 0 radical (unpaired) electrons. The van der Waals surface area contributed by atoms with Crippen molar-refractivity contribution in [2.75, 3.05) is 13.6 Å². The van der Waals surface area contributed by atoms with Gasteiger partial charge < -0.3 is 4.90 Å². The smallest absolute Gasteiger partial charge is 0.263 e. The molecular weight excluding hydrogens is 184 g/mol. The summed E-state index contributed by atoms with van der Waals surface area (Å²) in [5, 5.41) is 0. The fourth-order valence-corrected chi connectivity index (χ4v) is 1.85. The Bertz CT molecular complexity index is 336. The first kappa shape index (κ1) is 9.59. The molecule has 0 fully saturated rings. The van der Waals surface area contributed by atoms with Gasteiger partial charge in [0, 0.05) is 18.7 Å². The van der Waals surface area contributed by atoms with Crippen molar-refractivity contribution in [3.63, 3.8) is 0 Å². The molecule has 1 aromatic rings. The maximum Gasteiger partial charge on any atom is 0.263 e. The molecule has 3 heteroatoms. The zero-order valence-electron chi connectivity index (χ0n) is 8.13. The minimum Gasteiger partial charge on any atom is -0.302 e. The molecule has 0 atom stereocenters. The quantitative estimate of drug-likeness (QED) is 0.669. The second-order valence-corrected chi connectivity index (χ2v) is 3.82. The summed E-state index contributed by atoms with van der Waals surface area (Å²) in [4.78, 5) is 2.20. The molecule has 0 saturated heterocycles. The average molecular weight is 197 g/mol. The van der Waals surface area contributed by atoms with Crippen molar-refractivity contribution >= 4 is 0 Å². The number of fused-ring (bicyclic) bond motifs is 1. The highest BCUT2D eigenvalue weighted by Gasteiger charge is 2.15. The Hall–Kier alpha value is -0.960. The van der Waals surface area contributed by atoms with Gasteiger partial charge in [-0.25, -0.2) is 8.78 Å². The molecule has 0 aliphatic carbocycles. The predicted octanol–water partition coefficient (Wildman–Crippen LogP) is 2.61. The van der Waals surface area contributed by atoms with E-state index in [1.165, 1.54) is 11.6 Å². The van der Waals surface area contributed by atoms with Crippen LogP contribution in [0.25, 0.3) is 0 Å². The second kappa shape index (κ2) is 3.65. The molecule has 0 N–H and O–H groups in total. The van der Waals surface area contributed by atoms with Crippen LogP contribution in [0.2, 0.25) is 0 Å². The molecule has 1 nitrogen and oxygen atoms in total. The van der Waals surface area contributed by atoms with Crippen LogP contribution in [0.1, 0.15) is 23.1 Å². The lowest BCUT2D eigenvalue weighted by Crippen LogP contribution is -2.26. The van der Waals surface area contributed by atoms with Crippen LogP contribution < -0.4 is 0 Å². The van der Waals surface area contributed by atoms with E-state index in [-0.39, 0.29) is 5.56 Å². The molecule has 0 saturated carbocycles. The summed E-state index contributed by atoms with van der Waals surface area (Å²) < 4.78 is 24.8. The Morgan fingerprint density at radius 1 is 1.29 bits per heavy atom. The lowest BCUT2D eigenvalue weighted by atomic mass is 9.98. The largest absolute Gasteiger partial charge is 0.302 e. The minimum absolute atomic E-state index is 0.147. The third-order valence-electron chi connectivity index (χ3n) is 2.69. The Morgan fingerprint density at radius 2 is 2.07 bits per heavy atom. The summed E-state index contributed by atoms with van der Waals surface area (Å²) in [6, 6.07) is 5.00. The first-order valence-electron chi connectivity index (χ1n) is 4.75. The standard InChI is InChI=1S/C11H13F2N/c1-14-5-4-8-6-9(11(12)13)2-3-10(8)7-14/h2-3,6,11H,4-5,7H2,1H3. The molecule has 1 aromatic carbocycles. The Morgan fingerprint density at radius 3 is 2.79 bits per heavy atom. The van der Waals surface area contributed by atoms with Crippen LogP contribution in [0.3, 0.4) is 0 Å². The number of nitrogens with zero attached hydrogens (tertiary/aromatic N) is 1. The van der Waals surface area contributed by atoms with Gasteiger partial charge in [0.2, 0.25) is 0 Å². The van der Waals surface area contributed by atoms with Gasteiger partial charge in [-0.1, -0.05) is 12.1 Å². The van der Waals surface area contributed by atoms with Crippen molar-refractivity contribution in [1.29, 1.82) is 0 Å². The fraction of sp³-hybridized carbons (Fsp3) is 0.455. The number of hydrogen-bond acceptors (Lipinski definition) is 1. The number of likely N-dealkylation sites (N-methyl/N-ethyl adjacent to an activating group) is 1. The maximum atomic E-state index is 12.4. The SMILES string of the molecule is CN1CCc2cc(C(F)F)ccc2C1. The molecule has 0 spiro atoms. The second-order valence-electron chi connectivity index (χ2n) is 3.82. The Balaban J connectivity index is 2.31. The number of halogens is 2. The maximum absolute atomic E-state index is 12.4. The molecule has 0 amide bonds. The summed E-state index contributed by atoms with van der Waals surface area (Å²) >= 11 is 0. The predicted molar refractivity (Wildman–Crippen MR) is 51.4 cm³/mol. The Labute approximate surface area is 82.3 Å². The van der Waals surface area contributed by atoms with E-state index in [1.807, 2.05) is 13.1 Å². The zero-order chi connectivity index (χ0) is 10.1. The third-order valence-corrected chi connectivity index (χ3v) is 2.69. The van der Waals surface area contributed by atoms with Crippen LogP contribution >= 0.6 is 0 Å². The van der Waals surface area contributed by atoms with Crippen LogP contribution in [0.4, 0.5) is 8.78 Å². The summed E-state index contributed by atoms with van der Waals surface area (Å²) in [7, 11) is 2.05. The monoisotopic (exact) mass is 197 g/mol.